The normalized spacial score (nSPS) is 13.0. The van der Waals surface area contributed by atoms with E-state index in [1.54, 1.807) is 32.4 Å². The fourth-order valence-corrected chi connectivity index (χ4v) is 3.06. The third kappa shape index (κ3) is 4.26. The Balaban J connectivity index is 1.88. The molecule has 8 nitrogen and oxygen atoms in total. The standard InChI is InChI=1S/C18H20N4O4S/c1-11(12-4-6-13(7-5-12)22-27(23)24)21-18-14-8-16(25-2)17(26-3)9-15(14)19-10-20-18/h4-11,22H,1-3H3,(H,23,24)(H,19,20,21)/t11-/m0/s1. The first-order valence-corrected chi connectivity index (χ1v) is 9.23. The van der Waals surface area contributed by atoms with Crippen molar-refractivity contribution in [2.45, 2.75) is 13.0 Å². The maximum atomic E-state index is 10.8. The lowest BCUT2D eigenvalue weighted by Gasteiger charge is -2.17. The van der Waals surface area contributed by atoms with Gasteiger partial charge in [0, 0.05) is 23.2 Å². The molecular weight excluding hydrogens is 368 g/mol. The monoisotopic (exact) mass is 388 g/mol. The van der Waals surface area contributed by atoms with Crippen molar-refractivity contribution < 1.29 is 18.2 Å². The molecule has 0 amide bonds. The van der Waals surface area contributed by atoms with E-state index in [9.17, 15) is 4.21 Å². The molecule has 2 atom stereocenters. The second-order valence-electron chi connectivity index (χ2n) is 5.79. The number of ether oxygens (including phenoxy) is 2. The summed E-state index contributed by atoms with van der Waals surface area (Å²) in [6, 6.07) is 10.8. The van der Waals surface area contributed by atoms with Gasteiger partial charge in [-0.05, 0) is 30.7 Å². The van der Waals surface area contributed by atoms with Crippen LogP contribution in [0.2, 0.25) is 0 Å². The van der Waals surface area contributed by atoms with E-state index in [1.807, 2.05) is 25.1 Å². The van der Waals surface area contributed by atoms with Crippen molar-refractivity contribution >= 4 is 33.7 Å². The van der Waals surface area contributed by atoms with Gasteiger partial charge in [0.2, 0.25) is 0 Å². The molecule has 0 radical (unpaired) electrons. The number of nitrogens with one attached hydrogen (secondary N) is 2. The van der Waals surface area contributed by atoms with E-state index in [0.717, 1.165) is 16.5 Å². The summed E-state index contributed by atoms with van der Waals surface area (Å²) in [4.78, 5) is 8.65. The molecule has 9 heteroatoms. The van der Waals surface area contributed by atoms with Crippen LogP contribution in [0.4, 0.5) is 11.5 Å². The largest absolute Gasteiger partial charge is 0.493 e. The first-order chi connectivity index (χ1) is 13.0. The minimum atomic E-state index is -2.09. The average Bonchev–Trinajstić information content (AvgIpc) is 2.67. The Bertz CT molecular complexity index is 965. The smallest absolute Gasteiger partial charge is 0.259 e. The summed E-state index contributed by atoms with van der Waals surface area (Å²) in [5.74, 6) is 1.88. The highest BCUT2D eigenvalue weighted by molar-refractivity contribution is 7.80. The third-order valence-electron chi connectivity index (χ3n) is 4.11. The Morgan fingerprint density at radius 3 is 2.37 bits per heavy atom. The van der Waals surface area contributed by atoms with Crippen LogP contribution in [0.25, 0.3) is 10.9 Å². The van der Waals surface area contributed by atoms with Crippen LogP contribution in [0.15, 0.2) is 42.7 Å². The first kappa shape index (κ1) is 18.9. The maximum absolute atomic E-state index is 10.8. The number of hydrogen-bond acceptors (Lipinski definition) is 6. The summed E-state index contributed by atoms with van der Waals surface area (Å²) in [7, 11) is 3.16. The van der Waals surface area contributed by atoms with Crippen molar-refractivity contribution in [3.05, 3.63) is 48.3 Å². The number of fused-ring (bicyclic) bond motifs is 1. The van der Waals surface area contributed by atoms with Gasteiger partial charge in [0.25, 0.3) is 11.3 Å². The molecule has 3 N–H and O–H groups in total. The lowest BCUT2D eigenvalue weighted by molar-refractivity contribution is 0.356. The minimum absolute atomic E-state index is 0.0510. The Morgan fingerprint density at radius 2 is 1.74 bits per heavy atom. The van der Waals surface area contributed by atoms with Crippen LogP contribution in [-0.4, -0.2) is 32.9 Å². The zero-order valence-electron chi connectivity index (χ0n) is 15.1. The fourth-order valence-electron chi connectivity index (χ4n) is 2.73. The minimum Gasteiger partial charge on any atom is -0.493 e. The number of anilines is 2. The highest BCUT2D eigenvalue weighted by atomic mass is 32.2. The molecule has 0 saturated carbocycles. The average molecular weight is 388 g/mol. The summed E-state index contributed by atoms with van der Waals surface area (Å²) in [6.07, 6.45) is 1.49. The highest BCUT2D eigenvalue weighted by Crippen LogP contribution is 2.34. The quantitative estimate of drug-likeness (QED) is 0.533. The van der Waals surface area contributed by atoms with Crippen molar-refractivity contribution in [2.24, 2.45) is 0 Å². The molecule has 1 aromatic heterocycles. The van der Waals surface area contributed by atoms with Crippen LogP contribution >= 0.6 is 0 Å². The van der Waals surface area contributed by atoms with Crippen LogP contribution in [-0.2, 0) is 11.3 Å². The topological polar surface area (TPSA) is 106 Å². The van der Waals surface area contributed by atoms with Crippen LogP contribution in [0.1, 0.15) is 18.5 Å². The summed E-state index contributed by atoms with van der Waals surface area (Å²) >= 11 is -2.09. The summed E-state index contributed by atoms with van der Waals surface area (Å²) in [5, 5.41) is 4.19. The van der Waals surface area contributed by atoms with Gasteiger partial charge in [0.05, 0.1) is 19.7 Å². The van der Waals surface area contributed by atoms with E-state index in [1.165, 1.54) is 6.33 Å². The fraction of sp³-hybridized carbons (Fsp3) is 0.222. The van der Waals surface area contributed by atoms with Crippen molar-refractivity contribution in [3.63, 3.8) is 0 Å². The zero-order valence-corrected chi connectivity index (χ0v) is 15.9. The molecule has 142 valence electrons. The van der Waals surface area contributed by atoms with Gasteiger partial charge in [0.1, 0.15) is 12.1 Å². The van der Waals surface area contributed by atoms with E-state index >= 15 is 0 Å². The molecule has 0 bridgehead atoms. The van der Waals surface area contributed by atoms with Gasteiger partial charge in [-0.2, -0.15) is 0 Å². The number of aromatic nitrogens is 2. The molecule has 0 saturated heterocycles. The van der Waals surface area contributed by atoms with Crippen LogP contribution in [0.3, 0.4) is 0 Å². The van der Waals surface area contributed by atoms with Crippen LogP contribution in [0.5, 0.6) is 11.5 Å². The molecule has 0 aliphatic rings. The van der Waals surface area contributed by atoms with Gasteiger partial charge in [-0.3, -0.25) is 9.27 Å². The Hall–Kier alpha value is -2.91. The van der Waals surface area contributed by atoms with Gasteiger partial charge in [-0.15, -0.1) is 0 Å². The molecule has 0 fully saturated rings. The summed E-state index contributed by atoms with van der Waals surface area (Å²) < 4.78 is 32.8. The first-order valence-electron chi connectivity index (χ1n) is 8.12. The lowest BCUT2D eigenvalue weighted by atomic mass is 10.1. The molecule has 1 heterocycles. The van der Waals surface area contributed by atoms with Crippen LogP contribution in [0, 0.1) is 0 Å². The second-order valence-corrected chi connectivity index (χ2v) is 6.49. The Kier molecular flexibility index (Phi) is 5.72. The van der Waals surface area contributed by atoms with E-state index < -0.39 is 11.3 Å². The van der Waals surface area contributed by atoms with Gasteiger partial charge < -0.3 is 14.8 Å². The number of benzene rings is 2. The number of rotatable bonds is 7. The predicted octanol–water partition coefficient (Wildman–Crippen LogP) is 3.37. The van der Waals surface area contributed by atoms with Gasteiger partial charge in [0.15, 0.2) is 11.5 Å². The number of nitrogens with zero attached hydrogens (tertiary/aromatic N) is 2. The summed E-state index contributed by atoms with van der Waals surface area (Å²) in [6.45, 7) is 2.00. The molecule has 0 spiro atoms. The molecule has 1 unspecified atom stereocenters. The van der Waals surface area contributed by atoms with Crippen molar-refractivity contribution in [3.8, 4) is 11.5 Å². The highest BCUT2D eigenvalue weighted by Gasteiger charge is 2.13. The maximum Gasteiger partial charge on any atom is 0.259 e. The van der Waals surface area contributed by atoms with Crippen LogP contribution < -0.4 is 19.5 Å². The van der Waals surface area contributed by atoms with Crippen molar-refractivity contribution in [2.75, 3.05) is 24.3 Å². The van der Waals surface area contributed by atoms with Crippen molar-refractivity contribution in [1.29, 1.82) is 0 Å². The lowest BCUT2D eigenvalue weighted by Crippen LogP contribution is -2.09. The number of hydrogen-bond donors (Lipinski definition) is 3. The Morgan fingerprint density at radius 1 is 1.07 bits per heavy atom. The van der Waals surface area contributed by atoms with E-state index in [0.29, 0.717) is 23.0 Å². The Labute approximate surface area is 159 Å². The molecule has 27 heavy (non-hydrogen) atoms. The van der Waals surface area contributed by atoms with E-state index in [4.69, 9.17) is 14.0 Å². The molecule has 0 aliphatic carbocycles. The second kappa shape index (κ2) is 8.19. The molecule has 3 rings (SSSR count). The van der Waals surface area contributed by atoms with E-state index in [2.05, 4.69) is 20.0 Å². The van der Waals surface area contributed by atoms with Gasteiger partial charge in [-0.1, -0.05) is 12.1 Å². The SMILES string of the molecule is COc1cc2ncnc(N[C@@H](C)c3ccc(NS(=O)O)cc3)c2cc1OC. The van der Waals surface area contributed by atoms with E-state index in [-0.39, 0.29) is 6.04 Å². The van der Waals surface area contributed by atoms with Gasteiger partial charge in [-0.25, -0.2) is 14.2 Å². The third-order valence-corrected chi connectivity index (χ3v) is 4.52. The van der Waals surface area contributed by atoms with Gasteiger partial charge >= 0.3 is 0 Å². The molecule has 2 aromatic carbocycles. The predicted molar refractivity (Wildman–Crippen MR) is 106 cm³/mol. The zero-order chi connectivity index (χ0) is 19.4. The molecule has 0 aliphatic heterocycles. The molecule has 3 aromatic rings. The summed E-state index contributed by atoms with van der Waals surface area (Å²) in [5.41, 5.74) is 2.30. The molecular formula is C18H20N4O4S. The van der Waals surface area contributed by atoms with Crippen molar-refractivity contribution in [1.82, 2.24) is 9.97 Å². The number of methoxy groups -OCH3 is 2.